The Hall–Kier alpha value is -1.12. The van der Waals surface area contributed by atoms with Gasteiger partial charge in [0.2, 0.25) is 0 Å². The maximum Gasteiger partial charge on any atom is 0.317 e. The summed E-state index contributed by atoms with van der Waals surface area (Å²) in [7, 11) is 0. The second-order valence-electron chi connectivity index (χ2n) is 15.2. The normalized spacial score (nSPS) is 15.0. The molecule has 0 aromatic rings. The van der Waals surface area contributed by atoms with E-state index in [-0.39, 0.29) is 17.9 Å². The van der Waals surface area contributed by atoms with Crippen molar-refractivity contribution in [2.75, 3.05) is 0 Å². The zero-order valence-corrected chi connectivity index (χ0v) is 31.8. The minimum absolute atomic E-state index is 0.175. The van der Waals surface area contributed by atoms with E-state index in [1.807, 2.05) is 0 Å². The summed E-state index contributed by atoms with van der Waals surface area (Å²) in [5.41, 5.74) is 0. The Kier molecular flexibility index (Phi) is 33.8. The summed E-state index contributed by atoms with van der Waals surface area (Å²) in [6, 6.07) is 0. The fourth-order valence-electron chi connectivity index (χ4n) is 7.27. The van der Waals surface area contributed by atoms with Gasteiger partial charge in [-0.2, -0.15) is 0 Å². The van der Waals surface area contributed by atoms with Gasteiger partial charge in [-0.15, -0.1) is 0 Å². The van der Waals surface area contributed by atoms with E-state index in [9.17, 15) is 9.59 Å². The Labute approximate surface area is 294 Å². The van der Waals surface area contributed by atoms with Gasteiger partial charge >= 0.3 is 11.9 Å². The van der Waals surface area contributed by atoms with Crippen LogP contribution in [0.15, 0.2) is 12.2 Å². The van der Waals surface area contributed by atoms with Crippen molar-refractivity contribution in [1.82, 2.24) is 0 Å². The van der Waals surface area contributed by atoms with Gasteiger partial charge in [0.25, 0.3) is 0 Å². The summed E-state index contributed by atoms with van der Waals surface area (Å²) in [5.74, 6) is -0.831. The highest BCUT2D eigenvalue weighted by molar-refractivity contribution is 5.94. The molecule has 0 aromatic heterocycles. The molecule has 1 heterocycles. The number of hydrogen-bond donors (Lipinski definition) is 0. The molecule has 1 atom stereocenters. The molecule has 1 aliphatic heterocycles. The summed E-state index contributed by atoms with van der Waals surface area (Å²) in [6.07, 6.45) is 56.5. The van der Waals surface area contributed by atoms with E-state index in [4.69, 9.17) is 0 Å². The molecule has 3 heteroatoms. The molecule has 0 bridgehead atoms. The van der Waals surface area contributed by atoms with Gasteiger partial charge in [-0.1, -0.05) is 225 Å². The third-order valence-electron chi connectivity index (χ3n) is 10.5. The minimum Gasteiger partial charge on any atom is -0.393 e. The second-order valence-corrected chi connectivity index (χ2v) is 15.2. The SMILES string of the molecule is CCCCCCCCCCCCCCCCCCCCCCCCCCCCCCCCC/C=C/CCCCCC1CC(=O)OC1=O. The average molecular weight is 659 g/mol. The molecule has 1 rings (SSSR count). The molecule has 3 nitrogen and oxygen atoms in total. The van der Waals surface area contributed by atoms with Crippen LogP contribution in [0.1, 0.15) is 251 Å². The molecule has 0 aromatic carbocycles. The molecule has 0 N–H and O–H groups in total. The van der Waals surface area contributed by atoms with Crippen LogP contribution in [0, 0.1) is 5.92 Å². The van der Waals surface area contributed by atoms with Crippen LogP contribution in [0.5, 0.6) is 0 Å². The van der Waals surface area contributed by atoms with Crippen LogP contribution in [0.2, 0.25) is 0 Å². The van der Waals surface area contributed by atoms with Gasteiger partial charge in [-0.25, -0.2) is 0 Å². The zero-order chi connectivity index (χ0) is 33.7. The van der Waals surface area contributed by atoms with Crippen molar-refractivity contribution in [3.8, 4) is 0 Å². The zero-order valence-electron chi connectivity index (χ0n) is 31.8. The maximum absolute atomic E-state index is 11.5. The average Bonchev–Trinajstić information content (AvgIpc) is 3.40. The summed E-state index contributed by atoms with van der Waals surface area (Å²) in [4.78, 5) is 22.6. The molecule has 0 aliphatic carbocycles. The van der Waals surface area contributed by atoms with Gasteiger partial charge in [0.05, 0.1) is 12.3 Å². The monoisotopic (exact) mass is 659 g/mol. The van der Waals surface area contributed by atoms with Gasteiger partial charge in [-0.3, -0.25) is 9.59 Å². The smallest absolute Gasteiger partial charge is 0.317 e. The number of carbonyl (C=O) groups is 2. The first-order valence-electron chi connectivity index (χ1n) is 21.6. The van der Waals surface area contributed by atoms with Crippen LogP contribution in [-0.2, 0) is 14.3 Å². The van der Waals surface area contributed by atoms with Crippen molar-refractivity contribution in [3.63, 3.8) is 0 Å². The molecule has 47 heavy (non-hydrogen) atoms. The lowest BCUT2D eigenvalue weighted by atomic mass is 9.99. The molecule has 1 saturated heterocycles. The topological polar surface area (TPSA) is 43.4 Å². The summed E-state index contributed by atoms with van der Waals surface area (Å²) < 4.78 is 4.61. The standard InChI is InChI=1S/C44H82O3/c1-2-3-4-5-6-7-8-9-10-11-12-13-14-15-16-17-18-19-20-21-22-23-24-25-26-27-28-29-30-31-32-33-34-35-36-37-38-39-40-42-41-43(45)47-44(42)46/h34-35,42H,2-33,36-41H2,1H3/b35-34+. The number of rotatable bonds is 38. The Morgan fingerprint density at radius 3 is 0.979 bits per heavy atom. The van der Waals surface area contributed by atoms with Crippen molar-refractivity contribution in [3.05, 3.63) is 12.2 Å². The van der Waals surface area contributed by atoms with Crippen molar-refractivity contribution < 1.29 is 14.3 Å². The van der Waals surface area contributed by atoms with Gasteiger partial charge < -0.3 is 4.74 Å². The number of hydrogen-bond acceptors (Lipinski definition) is 3. The molecule has 0 radical (unpaired) electrons. The van der Waals surface area contributed by atoms with E-state index in [0.717, 1.165) is 25.7 Å². The quantitative estimate of drug-likeness (QED) is 0.0287. The third kappa shape index (κ3) is 31.9. The van der Waals surface area contributed by atoms with Gasteiger partial charge in [0.15, 0.2) is 0 Å². The van der Waals surface area contributed by atoms with E-state index in [2.05, 4.69) is 23.8 Å². The lowest BCUT2D eigenvalue weighted by Crippen LogP contribution is -2.06. The highest BCUT2D eigenvalue weighted by Crippen LogP contribution is 2.22. The van der Waals surface area contributed by atoms with E-state index < -0.39 is 0 Å². The number of cyclic esters (lactones) is 2. The van der Waals surface area contributed by atoms with E-state index in [0.29, 0.717) is 6.42 Å². The molecular formula is C44H82O3. The number of allylic oxidation sites excluding steroid dienone is 2. The van der Waals surface area contributed by atoms with Gasteiger partial charge in [-0.05, 0) is 32.1 Å². The maximum atomic E-state index is 11.5. The number of esters is 2. The minimum atomic E-state index is -0.348. The fraction of sp³-hybridized carbons (Fsp3) is 0.909. The van der Waals surface area contributed by atoms with E-state index >= 15 is 0 Å². The number of carbonyl (C=O) groups excluding carboxylic acids is 2. The summed E-state index contributed by atoms with van der Waals surface area (Å²) in [5, 5.41) is 0. The van der Waals surface area contributed by atoms with Crippen LogP contribution in [0.4, 0.5) is 0 Å². The number of ether oxygens (including phenoxy) is 1. The van der Waals surface area contributed by atoms with Crippen LogP contribution in [0.25, 0.3) is 0 Å². The third-order valence-corrected chi connectivity index (χ3v) is 10.5. The molecule has 1 fully saturated rings. The Morgan fingerprint density at radius 1 is 0.426 bits per heavy atom. The predicted octanol–water partition coefficient (Wildman–Crippen LogP) is 15.1. The molecular weight excluding hydrogens is 576 g/mol. The predicted molar refractivity (Wildman–Crippen MR) is 205 cm³/mol. The van der Waals surface area contributed by atoms with Crippen molar-refractivity contribution in [2.45, 2.75) is 251 Å². The van der Waals surface area contributed by atoms with Crippen LogP contribution >= 0.6 is 0 Å². The molecule has 0 amide bonds. The first-order valence-corrected chi connectivity index (χ1v) is 21.6. The highest BCUT2D eigenvalue weighted by atomic mass is 16.6. The Bertz CT molecular complexity index is 698. The van der Waals surface area contributed by atoms with Crippen LogP contribution in [-0.4, -0.2) is 11.9 Å². The van der Waals surface area contributed by atoms with E-state index in [1.165, 1.54) is 212 Å². The summed E-state index contributed by atoms with van der Waals surface area (Å²) >= 11 is 0. The fourth-order valence-corrected chi connectivity index (χ4v) is 7.27. The lowest BCUT2D eigenvalue weighted by molar-refractivity contribution is -0.153. The largest absolute Gasteiger partial charge is 0.393 e. The van der Waals surface area contributed by atoms with Crippen LogP contribution < -0.4 is 0 Å². The second kappa shape index (κ2) is 36.2. The van der Waals surface area contributed by atoms with Gasteiger partial charge in [0.1, 0.15) is 0 Å². The first-order chi connectivity index (χ1) is 23.2. The van der Waals surface area contributed by atoms with Crippen molar-refractivity contribution in [1.29, 1.82) is 0 Å². The first kappa shape index (κ1) is 43.9. The molecule has 0 spiro atoms. The lowest BCUT2D eigenvalue weighted by Gasteiger charge is -2.04. The van der Waals surface area contributed by atoms with Gasteiger partial charge in [0, 0.05) is 0 Å². The molecule has 1 aliphatic rings. The Morgan fingerprint density at radius 2 is 0.702 bits per heavy atom. The van der Waals surface area contributed by atoms with E-state index in [1.54, 1.807) is 0 Å². The van der Waals surface area contributed by atoms with Crippen molar-refractivity contribution >= 4 is 11.9 Å². The Balaban J connectivity index is 1.63. The molecule has 276 valence electrons. The molecule has 0 saturated carbocycles. The summed E-state index contributed by atoms with van der Waals surface area (Å²) in [6.45, 7) is 2.30. The highest BCUT2D eigenvalue weighted by Gasteiger charge is 2.32. The van der Waals surface area contributed by atoms with Crippen LogP contribution in [0.3, 0.4) is 0 Å². The number of unbranched alkanes of at least 4 members (excludes halogenated alkanes) is 34. The van der Waals surface area contributed by atoms with Crippen molar-refractivity contribution in [2.24, 2.45) is 5.92 Å². The molecule has 1 unspecified atom stereocenters.